The van der Waals surface area contributed by atoms with Crippen LogP contribution < -0.4 is 10.6 Å². The molecule has 2 saturated heterocycles. The van der Waals surface area contributed by atoms with Gasteiger partial charge in [0.1, 0.15) is 5.82 Å². The van der Waals surface area contributed by atoms with E-state index < -0.39 is 5.82 Å². The minimum Gasteiger partial charge on any atom is -0.354 e. The van der Waals surface area contributed by atoms with Crippen molar-refractivity contribution < 1.29 is 18.8 Å². The summed E-state index contributed by atoms with van der Waals surface area (Å²) in [5.41, 5.74) is 1.26. The van der Waals surface area contributed by atoms with Crippen LogP contribution in [0.15, 0.2) is 30.5 Å². The van der Waals surface area contributed by atoms with Crippen LogP contribution in [0.25, 0.3) is 0 Å². The molecule has 158 valence electrons. The van der Waals surface area contributed by atoms with Gasteiger partial charge in [-0.3, -0.25) is 19.1 Å². The van der Waals surface area contributed by atoms with E-state index in [-0.39, 0.29) is 53.9 Å². The molecule has 4 rings (SSSR count). The van der Waals surface area contributed by atoms with Gasteiger partial charge in [-0.15, -0.1) is 0 Å². The number of halogens is 1. The maximum absolute atomic E-state index is 14.2. The largest absolute Gasteiger partial charge is 0.354 e. The minimum absolute atomic E-state index is 0.0698. The Balaban J connectivity index is 1.45. The fourth-order valence-electron chi connectivity index (χ4n) is 4.17. The normalized spacial score (nSPS) is 20.6. The Morgan fingerprint density at radius 2 is 2.07 bits per heavy atom. The molecule has 2 atom stereocenters. The van der Waals surface area contributed by atoms with Crippen molar-refractivity contribution in [2.45, 2.75) is 51.2 Å². The fourth-order valence-corrected chi connectivity index (χ4v) is 4.17. The van der Waals surface area contributed by atoms with Crippen LogP contribution in [-0.2, 0) is 16.1 Å². The smallest absolute Gasteiger partial charge is 0.254 e. The average molecular weight is 413 g/mol. The first-order chi connectivity index (χ1) is 14.4. The van der Waals surface area contributed by atoms with E-state index in [1.165, 1.54) is 18.2 Å². The second-order valence-electron chi connectivity index (χ2n) is 7.85. The maximum atomic E-state index is 14.2. The Morgan fingerprint density at radius 3 is 2.83 bits per heavy atom. The number of nitrogens with one attached hydrogen (secondary N) is 2. The molecule has 2 aliphatic rings. The van der Waals surface area contributed by atoms with Gasteiger partial charge in [0.05, 0.1) is 5.69 Å². The molecule has 8 nitrogen and oxygen atoms in total. The number of aromatic nitrogens is 2. The van der Waals surface area contributed by atoms with Crippen LogP contribution in [0.4, 0.5) is 10.1 Å². The molecule has 0 radical (unpaired) electrons. The Kier molecular flexibility index (Phi) is 5.52. The summed E-state index contributed by atoms with van der Waals surface area (Å²) in [5.74, 6) is -1.28. The van der Waals surface area contributed by atoms with Crippen LogP contribution in [-0.4, -0.2) is 51.0 Å². The van der Waals surface area contributed by atoms with Crippen molar-refractivity contribution in [2.75, 3.05) is 11.9 Å². The maximum Gasteiger partial charge on any atom is 0.254 e. The number of rotatable bonds is 5. The third-order valence-corrected chi connectivity index (χ3v) is 5.58. The Bertz CT molecular complexity index is 989. The van der Waals surface area contributed by atoms with E-state index in [1.807, 2.05) is 13.0 Å². The lowest BCUT2D eigenvalue weighted by atomic mass is 10.1. The van der Waals surface area contributed by atoms with Crippen LogP contribution in [0.1, 0.15) is 41.7 Å². The molecule has 2 aromatic rings. The van der Waals surface area contributed by atoms with Gasteiger partial charge in [0.25, 0.3) is 5.91 Å². The molecule has 9 heteroatoms. The summed E-state index contributed by atoms with van der Waals surface area (Å²) in [7, 11) is 0. The summed E-state index contributed by atoms with van der Waals surface area (Å²) in [6.07, 6.45) is 3.79. The molecular weight excluding hydrogens is 389 g/mol. The zero-order valence-corrected chi connectivity index (χ0v) is 16.7. The number of aryl methyl sites for hydroxylation is 2. The van der Waals surface area contributed by atoms with Gasteiger partial charge in [0, 0.05) is 55.5 Å². The summed E-state index contributed by atoms with van der Waals surface area (Å²) in [5, 5.41) is 9.70. The van der Waals surface area contributed by atoms with Crippen LogP contribution in [0.2, 0.25) is 0 Å². The van der Waals surface area contributed by atoms with Crippen molar-refractivity contribution in [3.63, 3.8) is 0 Å². The molecule has 0 spiro atoms. The summed E-state index contributed by atoms with van der Waals surface area (Å²) in [6.45, 7) is 2.68. The van der Waals surface area contributed by atoms with Crippen LogP contribution in [0.3, 0.4) is 0 Å². The van der Waals surface area contributed by atoms with E-state index in [4.69, 9.17) is 0 Å². The summed E-state index contributed by atoms with van der Waals surface area (Å²) >= 11 is 0. The zero-order chi connectivity index (χ0) is 21.3. The van der Waals surface area contributed by atoms with E-state index in [0.29, 0.717) is 13.1 Å². The molecule has 0 saturated carbocycles. The van der Waals surface area contributed by atoms with Crippen molar-refractivity contribution in [1.82, 2.24) is 20.0 Å². The number of amides is 3. The highest BCUT2D eigenvalue weighted by atomic mass is 19.1. The van der Waals surface area contributed by atoms with Crippen molar-refractivity contribution in [2.24, 2.45) is 0 Å². The van der Waals surface area contributed by atoms with Gasteiger partial charge in [-0.2, -0.15) is 5.10 Å². The van der Waals surface area contributed by atoms with Gasteiger partial charge in [-0.1, -0.05) is 0 Å². The monoisotopic (exact) mass is 413 g/mol. The molecule has 2 fully saturated rings. The molecule has 2 bridgehead atoms. The van der Waals surface area contributed by atoms with Gasteiger partial charge >= 0.3 is 0 Å². The number of fused-ring (bicyclic) bond motifs is 2. The minimum atomic E-state index is -0.602. The number of carbonyl (C=O) groups excluding carboxylic acids is 3. The highest BCUT2D eigenvalue weighted by molar-refractivity contribution is 5.98. The average Bonchev–Trinajstić information content (AvgIpc) is 3.24. The quantitative estimate of drug-likeness (QED) is 0.782. The molecule has 2 aliphatic heterocycles. The lowest BCUT2D eigenvalue weighted by Gasteiger charge is -2.27. The number of nitrogens with zero attached hydrogens (tertiary/aromatic N) is 3. The molecule has 0 aliphatic carbocycles. The predicted octanol–water partition coefficient (Wildman–Crippen LogP) is 1.85. The van der Waals surface area contributed by atoms with Crippen LogP contribution >= 0.6 is 0 Å². The molecule has 30 heavy (non-hydrogen) atoms. The third-order valence-electron chi connectivity index (χ3n) is 5.58. The van der Waals surface area contributed by atoms with Crippen molar-refractivity contribution in [3.05, 3.63) is 47.5 Å². The SMILES string of the molecule is Cc1ccn(CCC(=O)Nc2cc(F)cc(C(=O)N3[C@@H]4CC[C@H]3CNC(=O)C4)c2)n1. The van der Waals surface area contributed by atoms with E-state index in [1.54, 1.807) is 15.8 Å². The van der Waals surface area contributed by atoms with Gasteiger partial charge in [0.2, 0.25) is 11.8 Å². The number of benzene rings is 1. The van der Waals surface area contributed by atoms with E-state index in [2.05, 4.69) is 15.7 Å². The lowest BCUT2D eigenvalue weighted by molar-refractivity contribution is -0.121. The molecule has 0 unspecified atom stereocenters. The molecule has 1 aromatic carbocycles. The van der Waals surface area contributed by atoms with E-state index >= 15 is 0 Å². The van der Waals surface area contributed by atoms with Gasteiger partial charge < -0.3 is 15.5 Å². The summed E-state index contributed by atoms with van der Waals surface area (Å²) in [6, 6.07) is 5.43. The third kappa shape index (κ3) is 4.34. The molecule has 3 amide bonds. The molecule has 1 aromatic heterocycles. The first-order valence-corrected chi connectivity index (χ1v) is 10.1. The number of anilines is 1. The Hall–Kier alpha value is -3.23. The van der Waals surface area contributed by atoms with Gasteiger partial charge in [-0.25, -0.2) is 4.39 Å². The van der Waals surface area contributed by atoms with E-state index in [0.717, 1.165) is 18.5 Å². The molecule has 3 heterocycles. The predicted molar refractivity (Wildman–Crippen MR) is 107 cm³/mol. The molecular formula is C21H24FN5O3. The highest BCUT2D eigenvalue weighted by Gasteiger charge is 2.40. The van der Waals surface area contributed by atoms with Gasteiger partial charge in [-0.05, 0) is 44.0 Å². The summed E-state index contributed by atoms with van der Waals surface area (Å²) in [4.78, 5) is 38.9. The topological polar surface area (TPSA) is 96.3 Å². The number of hydrogen-bond acceptors (Lipinski definition) is 4. The van der Waals surface area contributed by atoms with E-state index in [9.17, 15) is 18.8 Å². The fraction of sp³-hybridized carbons (Fsp3) is 0.429. The second kappa shape index (κ2) is 8.25. The lowest BCUT2D eigenvalue weighted by Crippen LogP contribution is -2.42. The summed E-state index contributed by atoms with van der Waals surface area (Å²) < 4.78 is 15.9. The Labute approximate surface area is 173 Å². The van der Waals surface area contributed by atoms with Crippen LogP contribution in [0, 0.1) is 12.7 Å². The highest BCUT2D eigenvalue weighted by Crippen LogP contribution is 2.30. The van der Waals surface area contributed by atoms with Crippen molar-refractivity contribution >= 4 is 23.4 Å². The molecule has 2 N–H and O–H groups in total. The van der Waals surface area contributed by atoms with Crippen LogP contribution in [0.5, 0.6) is 0 Å². The van der Waals surface area contributed by atoms with Crippen molar-refractivity contribution in [3.8, 4) is 0 Å². The number of hydrogen-bond donors (Lipinski definition) is 2. The first kappa shape index (κ1) is 20.1. The zero-order valence-electron chi connectivity index (χ0n) is 16.7. The Morgan fingerprint density at radius 1 is 1.27 bits per heavy atom. The van der Waals surface area contributed by atoms with Gasteiger partial charge in [0.15, 0.2) is 0 Å². The van der Waals surface area contributed by atoms with Crippen molar-refractivity contribution in [1.29, 1.82) is 0 Å². The first-order valence-electron chi connectivity index (χ1n) is 10.1. The number of carbonyl (C=O) groups is 3. The standard InChI is InChI=1S/C21H24FN5O3/c1-13-4-6-26(25-13)7-5-19(28)24-16-9-14(8-15(22)10-16)21(30)27-17-2-3-18(27)12-23-20(29)11-17/h4,6,8-10,17-18H,2-3,5,7,11-12H2,1H3,(H,23,29)(H,24,28)/t17-,18+/m1/s1. The second-order valence-corrected chi connectivity index (χ2v) is 7.85.